The SMILES string of the molecule is CC(=O)Nc1ncc(-c2ccc3c(c2)CCN([C@H](C)c2cnc4c(c2)OCC4)CC3)s1. The molecule has 1 N–H and O–H groups in total. The maximum atomic E-state index is 11.3. The minimum absolute atomic E-state index is 0.0952. The van der Waals surface area contributed by atoms with Crippen LogP contribution in [0, 0.1) is 0 Å². The zero-order valence-corrected chi connectivity index (χ0v) is 18.7. The largest absolute Gasteiger partial charge is 0.491 e. The molecule has 0 radical (unpaired) electrons. The van der Waals surface area contributed by atoms with E-state index >= 15 is 0 Å². The second-order valence-electron chi connectivity index (χ2n) is 8.22. The molecule has 5 rings (SSSR count). The van der Waals surface area contributed by atoms with Crippen LogP contribution in [0.15, 0.2) is 36.7 Å². The van der Waals surface area contributed by atoms with Crippen LogP contribution in [0.1, 0.15) is 42.3 Å². The molecule has 31 heavy (non-hydrogen) atoms. The molecule has 4 heterocycles. The summed E-state index contributed by atoms with van der Waals surface area (Å²) in [5, 5.41) is 3.41. The molecule has 1 atom stereocenters. The average molecular weight is 435 g/mol. The molecular weight excluding hydrogens is 408 g/mol. The number of nitrogens with one attached hydrogen (secondary N) is 1. The van der Waals surface area contributed by atoms with Crippen molar-refractivity contribution in [1.29, 1.82) is 0 Å². The molecule has 2 aliphatic rings. The first-order valence-corrected chi connectivity index (χ1v) is 11.6. The van der Waals surface area contributed by atoms with Gasteiger partial charge in [-0.05, 0) is 54.2 Å². The summed E-state index contributed by atoms with van der Waals surface area (Å²) in [5.41, 5.74) is 6.28. The van der Waals surface area contributed by atoms with Crippen molar-refractivity contribution in [2.24, 2.45) is 0 Å². The van der Waals surface area contributed by atoms with Crippen molar-refractivity contribution >= 4 is 22.4 Å². The van der Waals surface area contributed by atoms with Crippen LogP contribution in [0.3, 0.4) is 0 Å². The molecule has 0 saturated heterocycles. The number of anilines is 1. The topological polar surface area (TPSA) is 67.4 Å². The fourth-order valence-electron chi connectivity index (χ4n) is 4.40. The number of nitrogens with zero attached hydrogens (tertiary/aromatic N) is 3. The first-order valence-electron chi connectivity index (χ1n) is 10.8. The number of hydrogen-bond donors (Lipinski definition) is 1. The number of thiazole rings is 1. The molecule has 0 spiro atoms. The summed E-state index contributed by atoms with van der Waals surface area (Å²) in [6.07, 6.45) is 6.82. The van der Waals surface area contributed by atoms with Crippen molar-refractivity contribution in [2.75, 3.05) is 25.0 Å². The van der Waals surface area contributed by atoms with E-state index in [4.69, 9.17) is 4.74 Å². The standard InChI is InChI=1S/C24H26N4O2S/c1-15(20-12-22-21(25-13-20)7-10-30-22)28-8-5-17-3-4-19(11-18(17)6-9-28)23-14-26-24(31-23)27-16(2)29/h3-4,11-15H,5-10H2,1-2H3,(H,26,27,29)/t15-/m1/s1. The lowest BCUT2D eigenvalue weighted by Crippen LogP contribution is -2.29. The van der Waals surface area contributed by atoms with Gasteiger partial charge in [-0.15, -0.1) is 0 Å². The van der Waals surface area contributed by atoms with Gasteiger partial charge >= 0.3 is 0 Å². The van der Waals surface area contributed by atoms with E-state index in [2.05, 4.69) is 51.4 Å². The van der Waals surface area contributed by atoms with Crippen LogP contribution in [-0.4, -0.2) is 40.5 Å². The Kier molecular flexibility index (Phi) is 5.46. The fraction of sp³-hybridized carbons (Fsp3) is 0.375. The Bertz CT molecular complexity index is 1130. The predicted molar refractivity (Wildman–Crippen MR) is 123 cm³/mol. The van der Waals surface area contributed by atoms with Crippen LogP contribution in [0.5, 0.6) is 5.75 Å². The van der Waals surface area contributed by atoms with Gasteiger partial charge in [0.15, 0.2) is 5.13 Å². The highest BCUT2D eigenvalue weighted by Gasteiger charge is 2.23. The van der Waals surface area contributed by atoms with Crippen molar-refractivity contribution in [2.45, 2.75) is 39.2 Å². The third-order valence-electron chi connectivity index (χ3n) is 6.19. The zero-order valence-electron chi connectivity index (χ0n) is 17.9. The Morgan fingerprint density at radius 1 is 1.13 bits per heavy atom. The Hall–Kier alpha value is -2.77. The summed E-state index contributed by atoms with van der Waals surface area (Å²) >= 11 is 1.51. The molecule has 2 aromatic heterocycles. The highest BCUT2D eigenvalue weighted by molar-refractivity contribution is 7.19. The van der Waals surface area contributed by atoms with Gasteiger partial charge in [-0.25, -0.2) is 4.98 Å². The molecule has 3 aromatic rings. The lowest BCUT2D eigenvalue weighted by Gasteiger charge is -2.27. The van der Waals surface area contributed by atoms with E-state index in [1.165, 1.54) is 35.0 Å². The average Bonchev–Trinajstić information content (AvgIpc) is 3.37. The van der Waals surface area contributed by atoms with Crippen molar-refractivity contribution in [3.05, 3.63) is 59.0 Å². The van der Waals surface area contributed by atoms with E-state index in [1.54, 1.807) is 0 Å². The van der Waals surface area contributed by atoms with Gasteiger partial charge in [-0.1, -0.05) is 23.5 Å². The number of aromatic nitrogens is 2. The van der Waals surface area contributed by atoms with E-state index in [0.717, 1.165) is 60.8 Å². The predicted octanol–water partition coefficient (Wildman–Crippen LogP) is 4.26. The van der Waals surface area contributed by atoms with Gasteiger partial charge in [0, 0.05) is 44.9 Å². The van der Waals surface area contributed by atoms with Gasteiger partial charge in [0.05, 0.1) is 17.2 Å². The van der Waals surface area contributed by atoms with Gasteiger partial charge in [0.25, 0.3) is 0 Å². The van der Waals surface area contributed by atoms with Crippen LogP contribution in [0.4, 0.5) is 5.13 Å². The maximum Gasteiger partial charge on any atom is 0.223 e. The van der Waals surface area contributed by atoms with E-state index in [9.17, 15) is 4.79 Å². The number of rotatable bonds is 4. The fourth-order valence-corrected chi connectivity index (χ4v) is 5.26. The molecule has 0 saturated carbocycles. The third-order valence-corrected chi connectivity index (χ3v) is 7.16. The molecule has 0 bridgehead atoms. The highest BCUT2D eigenvalue weighted by Crippen LogP contribution is 2.33. The first-order chi connectivity index (χ1) is 15.1. The minimum atomic E-state index is -0.0952. The summed E-state index contributed by atoms with van der Waals surface area (Å²) < 4.78 is 5.72. The number of benzene rings is 1. The number of pyridine rings is 1. The minimum Gasteiger partial charge on any atom is -0.491 e. The zero-order chi connectivity index (χ0) is 21.4. The smallest absolute Gasteiger partial charge is 0.223 e. The van der Waals surface area contributed by atoms with Crippen molar-refractivity contribution in [3.8, 4) is 16.2 Å². The van der Waals surface area contributed by atoms with E-state index < -0.39 is 0 Å². The summed E-state index contributed by atoms with van der Waals surface area (Å²) in [7, 11) is 0. The summed E-state index contributed by atoms with van der Waals surface area (Å²) in [4.78, 5) is 23.8. The van der Waals surface area contributed by atoms with Crippen LogP contribution >= 0.6 is 11.3 Å². The van der Waals surface area contributed by atoms with Crippen LogP contribution in [0.2, 0.25) is 0 Å². The lowest BCUT2D eigenvalue weighted by molar-refractivity contribution is -0.114. The summed E-state index contributed by atoms with van der Waals surface area (Å²) in [6, 6.07) is 9.19. The molecule has 6 nitrogen and oxygen atoms in total. The van der Waals surface area contributed by atoms with Crippen LogP contribution in [-0.2, 0) is 24.1 Å². The van der Waals surface area contributed by atoms with Crippen molar-refractivity contribution in [1.82, 2.24) is 14.9 Å². The van der Waals surface area contributed by atoms with Gasteiger partial charge in [-0.2, -0.15) is 0 Å². The molecule has 1 amide bonds. The monoisotopic (exact) mass is 434 g/mol. The highest BCUT2D eigenvalue weighted by atomic mass is 32.1. The van der Waals surface area contributed by atoms with E-state index in [-0.39, 0.29) is 5.91 Å². The van der Waals surface area contributed by atoms with Gasteiger partial charge < -0.3 is 10.1 Å². The molecule has 1 aromatic carbocycles. The Labute approximate surface area is 186 Å². The number of fused-ring (bicyclic) bond motifs is 2. The van der Waals surface area contributed by atoms with E-state index in [1.807, 2.05) is 12.4 Å². The number of amides is 1. The molecule has 0 fully saturated rings. The molecule has 0 aliphatic carbocycles. The molecule has 0 unspecified atom stereocenters. The number of ether oxygens (including phenoxy) is 1. The molecular formula is C24H26N4O2S. The van der Waals surface area contributed by atoms with Gasteiger partial charge in [-0.3, -0.25) is 14.7 Å². The van der Waals surface area contributed by atoms with Gasteiger partial charge in [0.2, 0.25) is 5.91 Å². The third kappa shape index (κ3) is 4.20. The quantitative estimate of drug-likeness (QED) is 0.665. The summed E-state index contributed by atoms with van der Waals surface area (Å²) in [5.74, 6) is 0.859. The normalized spacial score (nSPS) is 16.7. The number of hydrogen-bond acceptors (Lipinski definition) is 6. The number of carbonyl (C=O) groups is 1. The molecule has 160 valence electrons. The van der Waals surface area contributed by atoms with Gasteiger partial charge in [0.1, 0.15) is 5.75 Å². The second kappa shape index (κ2) is 8.40. The molecule has 7 heteroatoms. The van der Waals surface area contributed by atoms with Crippen LogP contribution < -0.4 is 10.1 Å². The Morgan fingerprint density at radius 3 is 2.81 bits per heavy atom. The van der Waals surface area contributed by atoms with Crippen LogP contribution in [0.25, 0.3) is 10.4 Å². The van der Waals surface area contributed by atoms with Crippen molar-refractivity contribution in [3.63, 3.8) is 0 Å². The Morgan fingerprint density at radius 2 is 1.97 bits per heavy atom. The second-order valence-corrected chi connectivity index (χ2v) is 9.25. The lowest BCUT2D eigenvalue weighted by atomic mass is 10.00. The maximum absolute atomic E-state index is 11.3. The summed E-state index contributed by atoms with van der Waals surface area (Å²) in [6.45, 7) is 6.55. The number of carbonyl (C=O) groups excluding carboxylic acids is 1. The molecule has 2 aliphatic heterocycles. The first kappa shape index (κ1) is 20.2. The van der Waals surface area contributed by atoms with Crippen molar-refractivity contribution < 1.29 is 9.53 Å². The Balaban J connectivity index is 1.31. The van der Waals surface area contributed by atoms with E-state index in [0.29, 0.717) is 11.2 Å².